The molecule has 0 saturated heterocycles. The second-order valence-electron chi connectivity index (χ2n) is 7.59. The van der Waals surface area contributed by atoms with Crippen molar-refractivity contribution in [1.82, 2.24) is 9.97 Å². The molecule has 5 heteroatoms. The summed E-state index contributed by atoms with van der Waals surface area (Å²) < 4.78 is 0. The van der Waals surface area contributed by atoms with E-state index in [1.807, 2.05) is 48.5 Å². The van der Waals surface area contributed by atoms with E-state index in [2.05, 4.69) is 23.2 Å². The molecule has 5 aromatic rings. The van der Waals surface area contributed by atoms with E-state index in [-0.39, 0.29) is 11.8 Å². The van der Waals surface area contributed by atoms with Crippen LogP contribution in [0.3, 0.4) is 0 Å². The van der Waals surface area contributed by atoms with Gasteiger partial charge in [-0.2, -0.15) is 0 Å². The molecule has 3 aromatic carbocycles. The van der Waals surface area contributed by atoms with E-state index < -0.39 is 0 Å². The van der Waals surface area contributed by atoms with Crippen molar-refractivity contribution in [2.75, 3.05) is 0 Å². The van der Waals surface area contributed by atoms with Crippen LogP contribution in [0.5, 0.6) is 0 Å². The van der Waals surface area contributed by atoms with Gasteiger partial charge in [0.2, 0.25) is 0 Å². The summed E-state index contributed by atoms with van der Waals surface area (Å²) in [7, 11) is 0. The quantitative estimate of drug-likeness (QED) is 0.358. The first kappa shape index (κ1) is 17.6. The van der Waals surface area contributed by atoms with Crippen molar-refractivity contribution in [1.29, 1.82) is 0 Å². The summed E-state index contributed by atoms with van der Waals surface area (Å²) >= 11 is 0. The Bertz CT molecular complexity index is 1560. The number of quaternary nitrogens is 1. The first-order valence-electron chi connectivity index (χ1n) is 10.0. The van der Waals surface area contributed by atoms with Crippen LogP contribution in [0, 0.1) is 0 Å². The highest BCUT2D eigenvalue weighted by Gasteiger charge is 2.32. The summed E-state index contributed by atoms with van der Waals surface area (Å²) in [4.78, 5) is 33.7. The Morgan fingerprint density at radius 1 is 0.613 bits per heavy atom. The number of aromatic nitrogens is 2. The molecule has 0 unspecified atom stereocenters. The predicted octanol–water partition coefficient (Wildman–Crippen LogP) is 3.97. The molecule has 0 atom stereocenters. The number of hydrogen-bond acceptors (Lipinski definition) is 4. The Morgan fingerprint density at radius 2 is 1.35 bits per heavy atom. The van der Waals surface area contributed by atoms with Gasteiger partial charge in [0, 0.05) is 22.5 Å². The number of carbonyl (C=O) groups is 2. The summed E-state index contributed by atoms with van der Waals surface area (Å²) in [5.41, 5.74) is 6.27. The molecule has 0 aliphatic carbocycles. The monoisotopic (exact) mass is 402 g/mol. The van der Waals surface area contributed by atoms with Crippen LogP contribution in [0.4, 0.5) is 0 Å². The van der Waals surface area contributed by atoms with E-state index in [0.717, 1.165) is 49.5 Å². The molecule has 0 radical (unpaired) electrons. The van der Waals surface area contributed by atoms with Crippen LogP contribution in [0.2, 0.25) is 0 Å². The number of amides is 2. The van der Waals surface area contributed by atoms with Gasteiger partial charge >= 0.3 is 11.8 Å². The molecule has 0 fully saturated rings. The summed E-state index contributed by atoms with van der Waals surface area (Å²) in [6.07, 6.45) is 1.78. The van der Waals surface area contributed by atoms with Crippen molar-refractivity contribution in [3.8, 4) is 22.4 Å². The minimum atomic E-state index is -0.235. The molecule has 2 amide bonds. The van der Waals surface area contributed by atoms with E-state index in [1.54, 1.807) is 18.3 Å². The van der Waals surface area contributed by atoms with Crippen LogP contribution in [0.25, 0.3) is 44.2 Å². The van der Waals surface area contributed by atoms with Gasteiger partial charge in [0.25, 0.3) is 0 Å². The van der Waals surface area contributed by atoms with E-state index in [0.29, 0.717) is 11.1 Å². The number of pyridine rings is 2. The van der Waals surface area contributed by atoms with Crippen molar-refractivity contribution in [3.63, 3.8) is 0 Å². The first-order valence-corrected chi connectivity index (χ1v) is 10.0. The molecule has 146 valence electrons. The van der Waals surface area contributed by atoms with Crippen LogP contribution in [-0.2, 0) is 0 Å². The van der Waals surface area contributed by atoms with Crippen molar-refractivity contribution in [3.05, 3.63) is 96.2 Å². The van der Waals surface area contributed by atoms with Gasteiger partial charge in [-0.1, -0.05) is 54.6 Å². The molecule has 0 bridgehead atoms. The van der Waals surface area contributed by atoms with Crippen molar-refractivity contribution < 1.29 is 14.9 Å². The molecule has 3 heterocycles. The maximum atomic E-state index is 12.2. The van der Waals surface area contributed by atoms with Gasteiger partial charge < -0.3 is 0 Å². The zero-order chi connectivity index (χ0) is 20.9. The minimum Gasteiger partial charge on any atom is -0.254 e. The topological polar surface area (TPSA) is 76.5 Å². The number of nitrogens with zero attached hydrogens (tertiary/aromatic N) is 2. The molecular weight excluding hydrogens is 386 g/mol. The SMILES string of the molecule is O=C1[NH2+]C(=O)c2cc(-c3ccccc3-c3ccc4ccc5cccnc5c4n3)ccc21. The third-order valence-corrected chi connectivity index (χ3v) is 5.76. The molecular formula is C26H16N3O2+. The summed E-state index contributed by atoms with van der Waals surface area (Å²) in [6, 6.07) is 25.5. The lowest BCUT2D eigenvalue weighted by Crippen LogP contribution is -2.88. The summed E-state index contributed by atoms with van der Waals surface area (Å²) in [6.45, 7) is 0. The third kappa shape index (κ3) is 2.75. The number of nitrogens with two attached hydrogens (primary N) is 1. The zero-order valence-electron chi connectivity index (χ0n) is 16.4. The summed E-state index contributed by atoms with van der Waals surface area (Å²) in [5.74, 6) is -0.462. The highest BCUT2D eigenvalue weighted by atomic mass is 16.2. The van der Waals surface area contributed by atoms with Crippen LogP contribution in [-0.4, -0.2) is 21.8 Å². The van der Waals surface area contributed by atoms with Gasteiger partial charge in [-0.05, 0) is 35.4 Å². The van der Waals surface area contributed by atoms with Gasteiger partial charge in [0.05, 0.1) is 27.9 Å². The standard InChI is InChI=1S/C26H15N3O2/c30-25-20-11-9-17(14-21(20)26(31)29-25)18-5-1-2-6-19(18)22-12-10-16-8-7-15-4-3-13-27-23(15)24(16)28-22/h1-14H,(H,29,30,31)/p+1. The second kappa shape index (κ2) is 6.65. The summed E-state index contributed by atoms with van der Waals surface area (Å²) in [5, 5.41) is 3.24. The molecule has 31 heavy (non-hydrogen) atoms. The molecule has 1 aliphatic heterocycles. The number of fused-ring (bicyclic) bond motifs is 4. The minimum absolute atomic E-state index is 0.226. The largest absolute Gasteiger partial charge is 0.351 e. The Hall–Kier alpha value is -4.22. The number of benzene rings is 3. The molecule has 2 N–H and O–H groups in total. The molecule has 5 nitrogen and oxygen atoms in total. The maximum absolute atomic E-state index is 12.2. The Morgan fingerprint density at radius 3 is 2.23 bits per heavy atom. The Labute approximate surface area is 177 Å². The van der Waals surface area contributed by atoms with Gasteiger partial charge in [-0.3, -0.25) is 4.98 Å². The fourth-order valence-electron chi connectivity index (χ4n) is 4.24. The number of hydrogen-bond donors (Lipinski definition) is 1. The molecule has 2 aromatic heterocycles. The highest BCUT2D eigenvalue weighted by Crippen LogP contribution is 2.34. The normalized spacial score (nSPS) is 13.2. The third-order valence-electron chi connectivity index (χ3n) is 5.76. The molecule has 1 aliphatic rings. The highest BCUT2D eigenvalue weighted by molar-refractivity contribution is 6.11. The average Bonchev–Trinajstić information content (AvgIpc) is 3.11. The molecule has 0 saturated carbocycles. The number of carbonyl (C=O) groups excluding carboxylic acids is 2. The number of imide groups is 1. The molecule has 6 rings (SSSR count). The lowest BCUT2D eigenvalue weighted by atomic mass is 9.94. The van der Waals surface area contributed by atoms with Crippen LogP contribution in [0.1, 0.15) is 20.7 Å². The van der Waals surface area contributed by atoms with E-state index in [4.69, 9.17) is 4.98 Å². The van der Waals surface area contributed by atoms with Gasteiger partial charge in [0.15, 0.2) is 0 Å². The van der Waals surface area contributed by atoms with Crippen LogP contribution in [0.15, 0.2) is 85.1 Å². The fraction of sp³-hybridized carbons (Fsp3) is 0. The van der Waals surface area contributed by atoms with Gasteiger partial charge in [-0.25, -0.2) is 19.9 Å². The van der Waals surface area contributed by atoms with E-state index in [9.17, 15) is 9.59 Å². The van der Waals surface area contributed by atoms with Crippen molar-refractivity contribution >= 4 is 33.6 Å². The van der Waals surface area contributed by atoms with E-state index in [1.165, 1.54) is 0 Å². The lowest BCUT2D eigenvalue weighted by Gasteiger charge is -2.11. The number of rotatable bonds is 2. The second-order valence-corrected chi connectivity index (χ2v) is 7.59. The van der Waals surface area contributed by atoms with E-state index >= 15 is 0 Å². The van der Waals surface area contributed by atoms with Gasteiger partial charge in [-0.15, -0.1) is 0 Å². The zero-order valence-corrected chi connectivity index (χ0v) is 16.4. The lowest BCUT2D eigenvalue weighted by molar-refractivity contribution is -0.445. The van der Waals surface area contributed by atoms with Gasteiger partial charge in [0.1, 0.15) is 0 Å². The number of primary amides is 2. The smallest absolute Gasteiger partial charge is 0.254 e. The fourth-order valence-corrected chi connectivity index (χ4v) is 4.24. The Kier molecular flexibility index (Phi) is 3.78. The maximum Gasteiger partial charge on any atom is 0.351 e. The van der Waals surface area contributed by atoms with Crippen LogP contribution < -0.4 is 5.32 Å². The average molecular weight is 402 g/mol. The van der Waals surface area contributed by atoms with Crippen molar-refractivity contribution in [2.45, 2.75) is 0 Å². The van der Waals surface area contributed by atoms with Crippen LogP contribution >= 0.6 is 0 Å². The Balaban J connectivity index is 1.55. The van der Waals surface area contributed by atoms with Crippen molar-refractivity contribution in [2.24, 2.45) is 0 Å². The predicted molar refractivity (Wildman–Crippen MR) is 119 cm³/mol. The molecule has 0 spiro atoms. The first-order chi connectivity index (χ1) is 15.2.